The van der Waals surface area contributed by atoms with Gasteiger partial charge in [0.25, 0.3) is 0 Å². The normalized spacial score (nSPS) is 17.9. The van der Waals surface area contributed by atoms with Crippen LogP contribution in [0.25, 0.3) is 33.1 Å². The van der Waals surface area contributed by atoms with Gasteiger partial charge in [-0.1, -0.05) is 20.3 Å². The molecule has 1 atom stereocenters. The number of pyridine rings is 2. The second-order valence-corrected chi connectivity index (χ2v) is 10.8. The van der Waals surface area contributed by atoms with E-state index in [1.165, 1.54) is 38.4 Å². The highest BCUT2D eigenvalue weighted by Crippen LogP contribution is 2.44. The summed E-state index contributed by atoms with van der Waals surface area (Å²) in [4.78, 5) is 24.7. The van der Waals surface area contributed by atoms with E-state index in [-0.39, 0.29) is 24.3 Å². The monoisotopic (exact) mass is 519 g/mol. The number of piperidine rings is 1. The molecule has 0 aliphatic carbocycles. The van der Waals surface area contributed by atoms with Gasteiger partial charge in [-0.2, -0.15) is 0 Å². The summed E-state index contributed by atoms with van der Waals surface area (Å²) >= 11 is 0. The van der Waals surface area contributed by atoms with Crippen molar-refractivity contribution in [3.05, 3.63) is 46.9 Å². The van der Waals surface area contributed by atoms with Crippen LogP contribution in [0.3, 0.4) is 0 Å². The molecule has 0 saturated carbocycles. The molecule has 6 rings (SSSR count). The van der Waals surface area contributed by atoms with Gasteiger partial charge < -0.3 is 14.4 Å². The van der Waals surface area contributed by atoms with E-state index in [1.54, 1.807) is 34.6 Å². The van der Waals surface area contributed by atoms with E-state index < -0.39 is 5.82 Å². The standard InChI is InChI=1S/C29H34FN5O3/c1-18(2)23-17-38-28-25(19-8-9-24(32-15-19)37-13-7-12-34-10-5-4-6-11-34)20(30)14-21-26(28)27-22(16-31-21)33(3)29(36)35(23)27/h8-9,14-16,18,23H,4-7,10-13,17H2,1-3H3/t23-/m0/s1. The first-order chi connectivity index (χ1) is 18.4. The van der Waals surface area contributed by atoms with Crippen molar-refractivity contribution in [2.45, 2.75) is 45.6 Å². The lowest BCUT2D eigenvalue weighted by Crippen LogP contribution is -2.31. The first-order valence-electron chi connectivity index (χ1n) is 13.6. The number of aryl methyl sites for hydroxylation is 1. The number of hydrogen-bond donors (Lipinski definition) is 0. The number of imidazole rings is 1. The zero-order chi connectivity index (χ0) is 26.4. The lowest BCUT2D eigenvalue weighted by Gasteiger charge is -2.26. The highest BCUT2D eigenvalue weighted by atomic mass is 19.1. The molecule has 1 aromatic carbocycles. The summed E-state index contributed by atoms with van der Waals surface area (Å²) in [5.74, 6) is 0.611. The van der Waals surface area contributed by atoms with Crippen molar-refractivity contribution in [1.29, 1.82) is 0 Å². The molecular weight excluding hydrogens is 485 g/mol. The quantitative estimate of drug-likeness (QED) is 0.322. The van der Waals surface area contributed by atoms with Crippen LogP contribution in [-0.4, -0.2) is 56.9 Å². The van der Waals surface area contributed by atoms with Crippen LogP contribution in [-0.2, 0) is 7.05 Å². The molecule has 0 bridgehead atoms. The summed E-state index contributed by atoms with van der Waals surface area (Å²) in [5, 5.41) is 0.651. The Morgan fingerprint density at radius 2 is 1.97 bits per heavy atom. The Hall–Kier alpha value is -3.46. The molecule has 38 heavy (non-hydrogen) atoms. The molecule has 0 spiro atoms. The third kappa shape index (κ3) is 4.22. The third-order valence-electron chi connectivity index (χ3n) is 7.96. The van der Waals surface area contributed by atoms with E-state index in [1.807, 2.05) is 6.07 Å². The maximum atomic E-state index is 15.6. The van der Waals surface area contributed by atoms with Gasteiger partial charge in [0.05, 0.1) is 46.3 Å². The largest absolute Gasteiger partial charge is 0.490 e. The second-order valence-electron chi connectivity index (χ2n) is 10.8. The maximum Gasteiger partial charge on any atom is 0.329 e. The smallest absolute Gasteiger partial charge is 0.329 e. The molecule has 3 aromatic heterocycles. The third-order valence-corrected chi connectivity index (χ3v) is 7.96. The van der Waals surface area contributed by atoms with Gasteiger partial charge in [0.15, 0.2) is 0 Å². The minimum absolute atomic E-state index is 0.126. The zero-order valence-corrected chi connectivity index (χ0v) is 22.2. The Morgan fingerprint density at radius 3 is 2.71 bits per heavy atom. The lowest BCUT2D eigenvalue weighted by molar-refractivity contribution is 0.203. The molecule has 0 amide bonds. The number of benzene rings is 1. The summed E-state index contributed by atoms with van der Waals surface area (Å²) in [7, 11) is 1.74. The molecule has 0 radical (unpaired) electrons. The van der Waals surface area contributed by atoms with Crippen LogP contribution >= 0.6 is 0 Å². The van der Waals surface area contributed by atoms with Gasteiger partial charge in [-0.3, -0.25) is 14.1 Å². The maximum absolute atomic E-state index is 15.6. The minimum Gasteiger partial charge on any atom is -0.490 e. The molecule has 2 aliphatic rings. The topological polar surface area (TPSA) is 74.4 Å². The van der Waals surface area contributed by atoms with Crippen LogP contribution in [0.1, 0.15) is 45.6 Å². The number of hydrogen-bond acceptors (Lipinski definition) is 6. The van der Waals surface area contributed by atoms with Crippen molar-refractivity contribution in [2.75, 3.05) is 32.8 Å². The molecule has 8 nitrogen and oxygen atoms in total. The molecule has 1 saturated heterocycles. The fraction of sp³-hybridized carbons (Fsp3) is 0.483. The number of halogens is 1. The molecule has 5 heterocycles. The number of aromatic nitrogens is 4. The molecule has 0 unspecified atom stereocenters. The molecule has 200 valence electrons. The molecule has 0 N–H and O–H groups in total. The first kappa shape index (κ1) is 24.9. The van der Waals surface area contributed by atoms with Crippen molar-refractivity contribution in [2.24, 2.45) is 13.0 Å². The Kier molecular flexibility index (Phi) is 6.55. The average molecular weight is 520 g/mol. The summed E-state index contributed by atoms with van der Waals surface area (Å²) in [6, 6.07) is 4.81. The second kappa shape index (κ2) is 10.0. The van der Waals surface area contributed by atoms with Gasteiger partial charge in [-0.25, -0.2) is 14.2 Å². The van der Waals surface area contributed by atoms with E-state index in [0.717, 1.165) is 18.5 Å². The molecule has 2 aliphatic heterocycles. The van der Waals surface area contributed by atoms with Crippen LogP contribution < -0.4 is 15.2 Å². The van der Waals surface area contributed by atoms with Gasteiger partial charge in [-0.05, 0) is 44.3 Å². The number of ether oxygens (including phenoxy) is 2. The molecule has 9 heteroatoms. The number of rotatable bonds is 7. The van der Waals surface area contributed by atoms with Crippen LogP contribution in [0.5, 0.6) is 11.6 Å². The van der Waals surface area contributed by atoms with Crippen LogP contribution in [0.2, 0.25) is 0 Å². The van der Waals surface area contributed by atoms with Crippen LogP contribution in [0, 0.1) is 11.7 Å². The minimum atomic E-state index is -0.441. The van der Waals surface area contributed by atoms with Crippen molar-refractivity contribution in [3.8, 4) is 22.8 Å². The predicted molar refractivity (Wildman–Crippen MR) is 145 cm³/mol. The Morgan fingerprint density at radius 1 is 1.16 bits per heavy atom. The Labute approximate surface area is 221 Å². The summed E-state index contributed by atoms with van der Waals surface area (Å²) < 4.78 is 31.2. The molecule has 4 aromatic rings. The SMILES string of the molecule is CC(C)[C@@H]1COc2c(-c3ccc(OCCCN4CCCCC4)nc3)c(F)cc3ncc4c(c23)n1c(=O)n4C. The van der Waals surface area contributed by atoms with E-state index in [0.29, 0.717) is 45.8 Å². The average Bonchev–Trinajstić information content (AvgIpc) is 3.06. The van der Waals surface area contributed by atoms with Crippen molar-refractivity contribution in [3.63, 3.8) is 0 Å². The van der Waals surface area contributed by atoms with Crippen LogP contribution in [0.4, 0.5) is 4.39 Å². The van der Waals surface area contributed by atoms with Gasteiger partial charge in [0, 0.05) is 37.5 Å². The zero-order valence-electron chi connectivity index (χ0n) is 22.2. The molecular formula is C29H34FN5O3. The first-order valence-corrected chi connectivity index (χ1v) is 13.6. The Balaban J connectivity index is 1.34. The highest BCUT2D eigenvalue weighted by Gasteiger charge is 2.31. The molecule has 1 fully saturated rings. The van der Waals surface area contributed by atoms with E-state index in [4.69, 9.17) is 9.47 Å². The van der Waals surface area contributed by atoms with E-state index in [9.17, 15) is 4.79 Å². The van der Waals surface area contributed by atoms with Gasteiger partial charge >= 0.3 is 5.69 Å². The number of likely N-dealkylation sites (tertiary alicyclic amines) is 1. The van der Waals surface area contributed by atoms with Crippen molar-refractivity contribution in [1.82, 2.24) is 24.0 Å². The van der Waals surface area contributed by atoms with Crippen LogP contribution in [0.15, 0.2) is 35.4 Å². The van der Waals surface area contributed by atoms with Gasteiger partial charge in [0.2, 0.25) is 5.88 Å². The van der Waals surface area contributed by atoms with Gasteiger partial charge in [-0.15, -0.1) is 0 Å². The van der Waals surface area contributed by atoms with Gasteiger partial charge in [0.1, 0.15) is 18.2 Å². The predicted octanol–water partition coefficient (Wildman–Crippen LogP) is 4.93. The van der Waals surface area contributed by atoms with E-state index in [2.05, 4.69) is 28.7 Å². The summed E-state index contributed by atoms with van der Waals surface area (Å²) in [5.41, 5.74) is 2.67. The highest BCUT2D eigenvalue weighted by molar-refractivity contribution is 6.09. The van der Waals surface area contributed by atoms with Crippen molar-refractivity contribution >= 4 is 21.9 Å². The Bertz CT molecular complexity index is 1540. The van der Waals surface area contributed by atoms with Crippen molar-refractivity contribution < 1.29 is 13.9 Å². The fourth-order valence-corrected chi connectivity index (χ4v) is 5.83. The fourth-order valence-electron chi connectivity index (χ4n) is 5.83. The summed E-state index contributed by atoms with van der Waals surface area (Å²) in [6.45, 7) is 8.34. The number of nitrogens with zero attached hydrogens (tertiary/aromatic N) is 5. The summed E-state index contributed by atoms with van der Waals surface area (Å²) in [6.07, 6.45) is 8.10. The van der Waals surface area contributed by atoms with E-state index >= 15 is 4.39 Å². The lowest BCUT2D eigenvalue weighted by atomic mass is 10.0.